The van der Waals surface area contributed by atoms with Crippen LogP contribution in [0.1, 0.15) is 35.4 Å². The SMILES string of the molecule is CCNC(c1ccc(C(F)(F)F)cc1)c1occc1C. The van der Waals surface area contributed by atoms with E-state index in [4.69, 9.17) is 4.42 Å². The number of aryl methyl sites for hydroxylation is 1. The molecule has 0 aliphatic carbocycles. The lowest BCUT2D eigenvalue weighted by Crippen LogP contribution is -2.22. The molecule has 0 bridgehead atoms. The van der Waals surface area contributed by atoms with Crippen molar-refractivity contribution >= 4 is 0 Å². The first kappa shape index (κ1) is 14.7. The van der Waals surface area contributed by atoms with E-state index < -0.39 is 11.7 Å². The predicted molar refractivity (Wildman–Crippen MR) is 70.4 cm³/mol. The van der Waals surface area contributed by atoms with E-state index in [1.165, 1.54) is 12.1 Å². The van der Waals surface area contributed by atoms with Crippen molar-refractivity contribution in [2.75, 3.05) is 6.54 Å². The van der Waals surface area contributed by atoms with Gasteiger partial charge >= 0.3 is 6.18 Å². The zero-order chi connectivity index (χ0) is 14.8. The third kappa shape index (κ3) is 3.04. The molecule has 108 valence electrons. The molecule has 1 unspecified atom stereocenters. The van der Waals surface area contributed by atoms with E-state index in [0.717, 1.165) is 29.0 Å². The highest BCUT2D eigenvalue weighted by atomic mass is 19.4. The van der Waals surface area contributed by atoms with Crippen LogP contribution in [0.2, 0.25) is 0 Å². The lowest BCUT2D eigenvalue weighted by atomic mass is 10.0. The topological polar surface area (TPSA) is 25.2 Å². The molecule has 2 nitrogen and oxygen atoms in total. The minimum Gasteiger partial charge on any atom is -0.467 e. The fourth-order valence-electron chi connectivity index (χ4n) is 2.11. The zero-order valence-corrected chi connectivity index (χ0v) is 11.3. The van der Waals surface area contributed by atoms with E-state index in [1.54, 1.807) is 6.26 Å². The lowest BCUT2D eigenvalue weighted by molar-refractivity contribution is -0.137. The number of furan rings is 1. The number of hydrogen-bond acceptors (Lipinski definition) is 2. The van der Waals surface area contributed by atoms with Gasteiger partial charge in [-0.3, -0.25) is 0 Å². The van der Waals surface area contributed by atoms with Gasteiger partial charge in [0.15, 0.2) is 0 Å². The molecule has 1 atom stereocenters. The number of alkyl halides is 3. The van der Waals surface area contributed by atoms with Crippen molar-refractivity contribution in [3.63, 3.8) is 0 Å². The van der Waals surface area contributed by atoms with E-state index in [2.05, 4.69) is 5.32 Å². The number of rotatable bonds is 4. The van der Waals surface area contributed by atoms with Gasteiger partial charge in [-0.15, -0.1) is 0 Å². The smallest absolute Gasteiger partial charge is 0.416 e. The zero-order valence-electron chi connectivity index (χ0n) is 11.3. The van der Waals surface area contributed by atoms with E-state index in [9.17, 15) is 13.2 Å². The Labute approximate surface area is 115 Å². The Morgan fingerprint density at radius 3 is 2.25 bits per heavy atom. The summed E-state index contributed by atoms with van der Waals surface area (Å²) in [6.07, 6.45) is -2.73. The van der Waals surface area contributed by atoms with Crippen LogP contribution in [-0.2, 0) is 6.18 Å². The lowest BCUT2D eigenvalue weighted by Gasteiger charge is -2.18. The number of nitrogens with one attached hydrogen (secondary N) is 1. The second-order valence-corrected chi connectivity index (χ2v) is 4.58. The molecule has 2 aromatic rings. The van der Waals surface area contributed by atoms with Crippen LogP contribution >= 0.6 is 0 Å². The van der Waals surface area contributed by atoms with Gasteiger partial charge in [0, 0.05) is 0 Å². The summed E-state index contributed by atoms with van der Waals surface area (Å²) < 4.78 is 43.2. The molecule has 0 aliphatic heterocycles. The Kier molecular flexibility index (Phi) is 4.18. The molecule has 0 radical (unpaired) electrons. The van der Waals surface area contributed by atoms with Crippen molar-refractivity contribution in [3.8, 4) is 0 Å². The van der Waals surface area contributed by atoms with Crippen LogP contribution in [0.3, 0.4) is 0 Å². The Balaban J connectivity index is 2.33. The summed E-state index contributed by atoms with van der Waals surface area (Å²) in [5.41, 5.74) is 1.07. The first-order chi connectivity index (χ1) is 9.43. The van der Waals surface area contributed by atoms with E-state index in [0.29, 0.717) is 6.54 Å². The van der Waals surface area contributed by atoms with Crippen molar-refractivity contribution in [2.24, 2.45) is 0 Å². The molecular weight excluding hydrogens is 267 g/mol. The maximum absolute atomic E-state index is 12.6. The molecule has 0 saturated carbocycles. The summed E-state index contributed by atoms with van der Waals surface area (Å²) >= 11 is 0. The maximum Gasteiger partial charge on any atom is 0.416 e. The number of halogens is 3. The quantitative estimate of drug-likeness (QED) is 0.904. The Morgan fingerprint density at radius 2 is 1.80 bits per heavy atom. The number of hydrogen-bond donors (Lipinski definition) is 1. The van der Waals surface area contributed by atoms with Crippen LogP contribution in [0.4, 0.5) is 13.2 Å². The second-order valence-electron chi connectivity index (χ2n) is 4.58. The molecule has 1 heterocycles. The monoisotopic (exact) mass is 283 g/mol. The molecule has 2 rings (SSSR count). The molecule has 5 heteroatoms. The van der Waals surface area contributed by atoms with Crippen molar-refractivity contribution in [3.05, 3.63) is 59.0 Å². The summed E-state index contributed by atoms with van der Waals surface area (Å²) in [6.45, 7) is 4.54. The summed E-state index contributed by atoms with van der Waals surface area (Å²) in [5, 5.41) is 3.23. The fourth-order valence-corrected chi connectivity index (χ4v) is 2.11. The van der Waals surface area contributed by atoms with Crippen LogP contribution in [0.25, 0.3) is 0 Å². The summed E-state index contributed by atoms with van der Waals surface area (Å²) in [4.78, 5) is 0. The van der Waals surface area contributed by atoms with Gasteiger partial charge in [0.2, 0.25) is 0 Å². The Bertz CT molecular complexity index is 557. The van der Waals surface area contributed by atoms with E-state index in [1.807, 2.05) is 19.9 Å². The van der Waals surface area contributed by atoms with Gasteiger partial charge in [-0.1, -0.05) is 19.1 Å². The molecule has 0 fully saturated rings. The van der Waals surface area contributed by atoms with E-state index >= 15 is 0 Å². The van der Waals surface area contributed by atoms with Crippen LogP contribution < -0.4 is 5.32 Å². The van der Waals surface area contributed by atoms with Gasteiger partial charge in [-0.25, -0.2) is 0 Å². The average Bonchev–Trinajstić information content (AvgIpc) is 2.81. The molecule has 0 spiro atoms. The first-order valence-electron chi connectivity index (χ1n) is 6.38. The Morgan fingerprint density at radius 1 is 1.15 bits per heavy atom. The maximum atomic E-state index is 12.6. The minimum absolute atomic E-state index is 0.239. The van der Waals surface area contributed by atoms with Crippen LogP contribution in [0.5, 0.6) is 0 Å². The second kappa shape index (κ2) is 5.71. The van der Waals surface area contributed by atoms with Crippen LogP contribution in [-0.4, -0.2) is 6.54 Å². The molecule has 20 heavy (non-hydrogen) atoms. The van der Waals surface area contributed by atoms with Crippen LogP contribution in [0.15, 0.2) is 41.0 Å². The minimum atomic E-state index is -4.31. The van der Waals surface area contributed by atoms with Crippen molar-refractivity contribution < 1.29 is 17.6 Å². The number of benzene rings is 1. The van der Waals surface area contributed by atoms with Gasteiger partial charge in [0.05, 0.1) is 17.9 Å². The van der Waals surface area contributed by atoms with Crippen molar-refractivity contribution in [1.29, 1.82) is 0 Å². The van der Waals surface area contributed by atoms with E-state index in [-0.39, 0.29) is 6.04 Å². The third-order valence-electron chi connectivity index (χ3n) is 3.14. The van der Waals surface area contributed by atoms with Gasteiger partial charge in [-0.05, 0) is 42.8 Å². The average molecular weight is 283 g/mol. The highest BCUT2D eigenvalue weighted by Crippen LogP contribution is 2.31. The molecule has 1 N–H and O–H groups in total. The molecule has 1 aromatic heterocycles. The highest BCUT2D eigenvalue weighted by molar-refractivity contribution is 5.33. The molecule has 0 saturated heterocycles. The standard InChI is InChI=1S/C15H16F3NO/c1-3-19-13(14-10(2)8-9-20-14)11-4-6-12(7-5-11)15(16,17)18/h4-9,13,19H,3H2,1-2H3. The molecular formula is C15H16F3NO. The summed E-state index contributed by atoms with van der Waals surface area (Å²) in [6, 6.07) is 6.76. The van der Waals surface area contributed by atoms with Crippen molar-refractivity contribution in [2.45, 2.75) is 26.1 Å². The van der Waals surface area contributed by atoms with Gasteiger partial charge in [0.1, 0.15) is 5.76 Å². The van der Waals surface area contributed by atoms with Gasteiger partial charge in [-0.2, -0.15) is 13.2 Å². The van der Waals surface area contributed by atoms with Crippen LogP contribution in [0, 0.1) is 6.92 Å². The first-order valence-corrected chi connectivity index (χ1v) is 6.38. The highest BCUT2D eigenvalue weighted by Gasteiger charge is 2.30. The summed E-state index contributed by atoms with van der Waals surface area (Å²) in [7, 11) is 0. The Hall–Kier alpha value is -1.75. The predicted octanol–water partition coefficient (Wildman–Crippen LogP) is 4.31. The van der Waals surface area contributed by atoms with Gasteiger partial charge < -0.3 is 9.73 Å². The molecule has 1 aromatic carbocycles. The fraction of sp³-hybridized carbons (Fsp3) is 0.333. The van der Waals surface area contributed by atoms with Gasteiger partial charge in [0.25, 0.3) is 0 Å². The molecule has 0 aliphatic rings. The normalized spacial score (nSPS) is 13.4. The van der Waals surface area contributed by atoms with Crippen molar-refractivity contribution in [1.82, 2.24) is 5.32 Å². The largest absolute Gasteiger partial charge is 0.467 e. The third-order valence-corrected chi connectivity index (χ3v) is 3.14. The summed E-state index contributed by atoms with van der Waals surface area (Å²) in [5.74, 6) is 0.728. The molecule has 0 amide bonds.